The van der Waals surface area contributed by atoms with Crippen LogP contribution in [-0.4, -0.2) is 34.7 Å². The Labute approximate surface area is 90.7 Å². The zero-order chi connectivity index (χ0) is 11.1. The summed E-state index contributed by atoms with van der Waals surface area (Å²) in [7, 11) is 0. The van der Waals surface area contributed by atoms with E-state index in [0.29, 0.717) is 5.82 Å². The molecule has 0 aliphatic rings. The number of aliphatic hydroxyl groups is 1. The van der Waals surface area contributed by atoms with Gasteiger partial charge in [-0.2, -0.15) is 0 Å². The van der Waals surface area contributed by atoms with E-state index < -0.39 is 0 Å². The Morgan fingerprint density at radius 3 is 2.93 bits per heavy atom. The van der Waals surface area contributed by atoms with Gasteiger partial charge in [-0.25, -0.2) is 4.98 Å². The average molecular weight is 209 g/mol. The number of nitrogens with two attached hydrogens (primary N) is 1. The number of nitrogen functional groups attached to an aromatic ring is 1. The molecule has 0 spiro atoms. The van der Waals surface area contributed by atoms with Crippen molar-refractivity contribution in [1.29, 1.82) is 0 Å². The van der Waals surface area contributed by atoms with E-state index in [9.17, 15) is 0 Å². The molecule has 1 aromatic heterocycles. The smallest absolute Gasteiger partial charge is 0.127 e. The Morgan fingerprint density at radius 1 is 1.53 bits per heavy atom. The fraction of sp³-hybridized carbons (Fsp3) is 0.545. The summed E-state index contributed by atoms with van der Waals surface area (Å²) in [5.74, 6) is 0.597. The molecule has 0 radical (unpaired) electrons. The van der Waals surface area contributed by atoms with Gasteiger partial charge in [0.05, 0.1) is 0 Å². The van der Waals surface area contributed by atoms with Gasteiger partial charge < -0.3 is 10.8 Å². The van der Waals surface area contributed by atoms with Crippen molar-refractivity contribution in [3.63, 3.8) is 0 Å². The number of hydrogen-bond acceptors (Lipinski definition) is 4. The largest absolute Gasteiger partial charge is 0.396 e. The normalized spacial score (nSPS) is 10.9. The topological polar surface area (TPSA) is 62.4 Å². The molecular formula is C11H19N3O. The van der Waals surface area contributed by atoms with Crippen LogP contribution in [0.1, 0.15) is 18.9 Å². The van der Waals surface area contributed by atoms with Crippen molar-refractivity contribution in [3.05, 3.63) is 23.9 Å². The van der Waals surface area contributed by atoms with Crippen LogP contribution in [0, 0.1) is 0 Å². The van der Waals surface area contributed by atoms with Gasteiger partial charge in [-0.1, -0.05) is 13.0 Å². The predicted molar refractivity (Wildman–Crippen MR) is 61.3 cm³/mol. The summed E-state index contributed by atoms with van der Waals surface area (Å²) in [6.45, 7) is 4.98. The number of rotatable bonds is 6. The lowest BCUT2D eigenvalue weighted by atomic mass is 10.2. The van der Waals surface area contributed by atoms with Crippen molar-refractivity contribution in [2.24, 2.45) is 0 Å². The number of hydrogen-bond donors (Lipinski definition) is 2. The van der Waals surface area contributed by atoms with Gasteiger partial charge in [0.2, 0.25) is 0 Å². The molecule has 3 N–H and O–H groups in total. The molecule has 1 aromatic rings. The molecule has 0 aliphatic heterocycles. The minimum Gasteiger partial charge on any atom is -0.396 e. The molecule has 0 aliphatic carbocycles. The Hall–Kier alpha value is -1.13. The molecule has 0 amide bonds. The third-order valence-corrected chi connectivity index (χ3v) is 2.40. The maximum absolute atomic E-state index is 8.77. The van der Waals surface area contributed by atoms with Gasteiger partial charge >= 0.3 is 0 Å². The Balaban J connectivity index is 2.54. The van der Waals surface area contributed by atoms with E-state index >= 15 is 0 Å². The standard InChI is InChI=1S/C11H19N3O/c1-2-14(7-4-8-15)9-10-5-3-6-13-11(10)12/h3,5-6,15H,2,4,7-9H2,1H3,(H2,12,13). The molecule has 15 heavy (non-hydrogen) atoms. The molecule has 0 bridgehead atoms. The molecule has 0 aromatic carbocycles. The minimum absolute atomic E-state index is 0.235. The van der Waals surface area contributed by atoms with Crippen LogP contribution in [-0.2, 0) is 6.54 Å². The number of aromatic nitrogens is 1. The zero-order valence-electron chi connectivity index (χ0n) is 9.19. The van der Waals surface area contributed by atoms with Crippen LogP contribution in [0.25, 0.3) is 0 Å². The molecule has 0 atom stereocenters. The first-order chi connectivity index (χ1) is 7.27. The third kappa shape index (κ3) is 3.85. The summed E-state index contributed by atoms with van der Waals surface area (Å²) < 4.78 is 0. The fourth-order valence-corrected chi connectivity index (χ4v) is 1.47. The molecule has 4 nitrogen and oxygen atoms in total. The van der Waals surface area contributed by atoms with Crippen LogP contribution in [0.3, 0.4) is 0 Å². The maximum Gasteiger partial charge on any atom is 0.127 e. The summed E-state index contributed by atoms with van der Waals surface area (Å²) >= 11 is 0. The van der Waals surface area contributed by atoms with E-state index in [1.807, 2.05) is 12.1 Å². The first-order valence-corrected chi connectivity index (χ1v) is 5.30. The SMILES string of the molecule is CCN(CCCO)Cc1cccnc1N. The third-order valence-electron chi connectivity index (χ3n) is 2.40. The van der Waals surface area contributed by atoms with E-state index in [4.69, 9.17) is 10.8 Å². The molecule has 0 fully saturated rings. The first kappa shape index (κ1) is 11.9. The highest BCUT2D eigenvalue weighted by Crippen LogP contribution is 2.10. The first-order valence-electron chi connectivity index (χ1n) is 5.30. The van der Waals surface area contributed by atoms with Crippen molar-refractivity contribution in [1.82, 2.24) is 9.88 Å². The van der Waals surface area contributed by atoms with Gasteiger partial charge in [0.15, 0.2) is 0 Å². The van der Waals surface area contributed by atoms with Crippen LogP contribution >= 0.6 is 0 Å². The second-order valence-electron chi connectivity index (χ2n) is 3.49. The predicted octanol–water partition coefficient (Wildman–Crippen LogP) is 0.868. The van der Waals surface area contributed by atoms with E-state index in [2.05, 4.69) is 16.8 Å². The van der Waals surface area contributed by atoms with Crippen molar-refractivity contribution in [2.75, 3.05) is 25.4 Å². The molecule has 0 unspecified atom stereocenters. The van der Waals surface area contributed by atoms with Gasteiger partial charge in [0.25, 0.3) is 0 Å². The quantitative estimate of drug-likeness (QED) is 0.729. The van der Waals surface area contributed by atoms with Crippen molar-refractivity contribution in [2.45, 2.75) is 19.9 Å². The van der Waals surface area contributed by atoms with Gasteiger partial charge in [-0.05, 0) is 19.0 Å². The Morgan fingerprint density at radius 2 is 2.33 bits per heavy atom. The summed E-state index contributed by atoms with van der Waals surface area (Å²) in [6.07, 6.45) is 2.50. The number of anilines is 1. The maximum atomic E-state index is 8.77. The number of nitrogens with zero attached hydrogens (tertiary/aromatic N) is 2. The lowest BCUT2D eigenvalue weighted by Gasteiger charge is -2.20. The minimum atomic E-state index is 0.235. The van der Waals surface area contributed by atoms with Crippen LogP contribution in [0.5, 0.6) is 0 Å². The molecular weight excluding hydrogens is 190 g/mol. The molecule has 1 rings (SSSR count). The van der Waals surface area contributed by atoms with Gasteiger partial charge in [0, 0.05) is 31.5 Å². The molecule has 4 heteroatoms. The molecule has 1 heterocycles. The lowest BCUT2D eigenvalue weighted by Crippen LogP contribution is -2.25. The highest BCUT2D eigenvalue weighted by molar-refractivity contribution is 5.38. The van der Waals surface area contributed by atoms with E-state index in [1.54, 1.807) is 6.20 Å². The molecule has 0 saturated heterocycles. The fourth-order valence-electron chi connectivity index (χ4n) is 1.47. The second-order valence-corrected chi connectivity index (χ2v) is 3.49. The Kier molecular flexibility index (Phi) is 5.07. The van der Waals surface area contributed by atoms with Gasteiger partial charge in [-0.3, -0.25) is 4.90 Å². The van der Waals surface area contributed by atoms with Crippen molar-refractivity contribution >= 4 is 5.82 Å². The van der Waals surface area contributed by atoms with E-state index in [-0.39, 0.29) is 6.61 Å². The van der Waals surface area contributed by atoms with Gasteiger partial charge in [-0.15, -0.1) is 0 Å². The van der Waals surface area contributed by atoms with Crippen molar-refractivity contribution < 1.29 is 5.11 Å². The highest BCUT2D eigenvalue weighted by Gasteiger charge is 2.05. The zero-order valence-corrected chi connectivity index (χ0v) is 9.19. The summed E-state index contributed by atoms with van der Waals surface area (Å²) in [4.78, 5) is 6.29. The van der Waals surface area contributed by atoms with Crippen LogP contribution in [0.15, 0.2) is 18.3 Å². The number of pyridine rings is 1. The van der Waals surface area contributed by atoms with Crippen LogP contribution in [0.4, 0.5) is 5.82 Å². The molecule has 0 saturated carbocycles. The van der Waals surface area contributed by atoms with E-state index in [0.717, 1.165) is 31.6 Å². The van der Waals surface area contributed by atoms with Crippen molar-refractivity contribution in [3.8, 4) is 0 Å². The molecule has 84 valence electrons. The monoisotopic (exact) mass is 209 g/mol. The number of aliphatic hydroxyl groups excluding tert-OH is 1. The Bertz CT molecular complexity index is 291. The second kappa shape index (κ2) is 6.37. The average Bonchev–Trinajstić information content (AvgIpc) is 2.26. The summed E-state index contributed by atoms with van der Waals surface area (Å²) in [5.41, 5.74) is 6.82. The highest BCUT2D eigenvalue weighted by atomic mass is 16.3. The summed E-state index contributed by atoms with van der Waals surface area (Å²) in [6, 6.07) is 3.88. The lowest BCUT2D eigenvalue weighted by molar-refractivity contribution is 0.225. The van der Waals surface area contributed by atoms with Gasteiger partial charge in [0.1, 0.15) is 5.82 Å². The van der Waals surface area contributed by atoms with E-state index in [1.165, 1.54) is 0 Å². The van der Waals surface area contributed by atoms with Crippen LogP contribution in [0.2, 0.25) is 0 Å². The van der Waals surface area contributed by atoms with Crippen LogP contribution < -0.4 is 5.73 Å². The summed E-state index contributed by atoms with van der Waals surface area (Å²) in [5, 5.41) is 8.77.